The molecule has 0 fully saturated rings. The highest BCUT2D eigenvalue weighted by atomic mass is 32.1. The lowest BCUT2D eigenvalue weighted by Crippen LogP contribution is -1.96. The van der Waals surface area contributed by atoms with Crippen molar-refractivity contribution in [2.45, 2.75) is 20.8 Å². The Balaban J connectivity index is 1.74. The molecule has 0 unspecified atom stereocenters. The molecule has 27 heavy (non-hydrogen) atoms. The number of thiazole rings is 1. The molecule has 4 nitrogen and oxygen atoms in total. The topological polar surface area (TPSA) is 47.0 Å². The summed E-state index contributed by atoms with van der Waals surface area (Å²) in [6.45, 7) is 6.73. The summed E-state index contributed by atoms with van der Waals surface area (Å²) in [5, 5.41) is 5.40. The third-order valence-corrected chi connectivity index (χ3v) is 5.19. The van der Waals surface area contributed by atoms with Gasteiger partial charge in [-0.05, 0) is 45.0 Å². The smallest absolute Gasteiger partial charge is 0.187 e. The lowest BCUT2D eigenvalue weighted by molar-refractivity contribution is 0.340. The molecule has 0 spiro atoms. The van der Waals surface area contributed by atoms with Crippen molar-refractivity contribution < 1.29 is 4.74 Å². The maximum Gasteiger partial charge on any atom is 0.187 e. The number of nitrogens with one attached hydrogen (secondary N) is 1. The number of pyridine rings is 1. The van der Waals surface area contributed by atoms with E-state index in [9.17, 15) is 0 Å². The third-order valence-electron chi connectivity index (χ3n) is 4.30. The summed E-state index contributed by atoms with van der Waals surface area (Å²) in [6, 6.07) is 18.3. The van der Waals surface area contributed by atoms with Gasteiger partial charge in [-0.2, -0.15) is 0 Å². The first-order valence-corrected chi connectivity index (χ1v) is 9.80. The van der Waals surface area contributed by atoms with Gasteiger partial charge in [0.15, 0.2) is 5.13 Å². The van der Waals surface area contributed by atoms with E-state index in [1.165, 1.54) is 4.88 Å². The van der Waals surface area contributed by atoms with Crippen molar-refractivity contribution in [2.75, 3.05) is 11.9 Å². The number of anilines is 2. The Bertz CT molecular complexity index is 1090. The zero-order chi connectivity index (χ0) is 18.8. The molecule has 0 aliphatic carbocycles. The van der Waals surface area contributed by atoms with Crippen LogP contribution >= 0.6 is 11.3 Å². The lowest BCUT2D eigenvalue weighted by atomic mass is 10.1. The number of hydrogen-bond donors (Lipinski definition) is 1. The Morgan fingerprint density at radius 2 is 1.81 bits per heavy atom. The molecule has 0 aliphatic rings. The van der Waals surface area contributed by atoms with Gasteiger partial charge in [-0.1, -0.05) is 30.3 Å². The second-order valence-electron chi connectivity index (χ2n) is 6.34. The number of ether oxygens (including phenoxy) is 1. The van der Waals surface area contributed by atoms with Crippen LogP contribution in [0, 0.1) is 13.8 Å². The van der Waals surface area contributed by atoms with E-state index in [2.05, 4.69) is 35.4 Å². The number of aromatic nitrogens is 2. The summed E-state index contributed by atoms with van der Waals surface area (Å²) in [6.07, 6.45) is 0. The molecule has 0 radical (unpaired) electrons. The van der Waals surface area contributed by atoms with Crippen molar-refractivity contribution in [2.24, 2.45) is 0 Å². The molecular formula is C22H21N3OS. The fourth-order valence-corrected chi connectivity index (χ4v) is 3.97. The number of hydrogen-bond acceptors (Lipinski definition) is 5. The molecule has 2 heterocycles. The van der Waals surface area contributed by atoms with Crippen LogP contribution in [0.5, 0.6) is 5.75 Å². The van der Waals surface area contributed by atoms with E-state index in [0.29, 0.717) is 6.61 Å². The van der Waals surface area contributed by atoms with Gasteiger partial charge in [-0.15, -0.1) is 11.3 Å². The SMILES string of the molecule is CCOc1ccc2nc(C)cc(Nc3nc(-c4ccccc4)c(C)s3)c2c1. The van der Waals surface area contributed by atoms with E-state index >= 15 is 0 Å². The molecule has 2 aromatic heterocycles. The molecule has 4 aromatic rings. The average molecular weight is 375 g/mol. The van der Waals surface area contributed by atoms with Gasteiger partial charge in [0.25, 0.3) is 0 Å². The molecule has 0 atom stereocenters. The monoisotopic (exact) mass is 375 g/mol. The highest BCUT2D eigenvalue weighted by Gasteiger charge is 2.12. The van der Waals surface area contributed by atoms with Gasteiger partial charge in [-0.3, -0.25) is 4.98 Å². The zero-order valence-electron chi connectivity index (χ0n) is 15.6. The molecule has 0 bridgehead atoms. The average Bonchev–Trinajstić information content (AvgIpc) is 3.03. The van der Waals surface area contributed by atoms with E-state index in [0.717, 1.165) is 44.4 Å². The van der Waals surface area contributed by atoms with Crippen molar-refractivity contribution >= 4 is 33.1 Å². The molecule has 0 amide bonds. The first-order chi connectivity index (χ1) is 13.1. The Labute approximate surface area is 162 Å². The van der Waals surface area contributed by atoms with Crippen LogP contribution in [0.2, 0.25) is 0 Å². The predicted molar refractivity (Wildman–Crippen MR) is 113 cm³/mol. The van der Waals surface area contributed by atoms with Crippen LogP contribution in [0.4, 0.5) is 10.8 Å². The highest BCUT2D eigenvalue weighted by molar-refractivity contribution is 7.16. The van der Waals surface area contributed by atoms with E-state index in [1.807, 2.05) is 50.2 Å². The van der Waals surface area contributed by atoms with Crippen LogP contribution in [-0.2, 0) is 0 Å². The fraction of sp³-hybridized carbons (Fsp3) is 0.182. The van der Waals surface area contributed by atoms with Gasteiger partial charge in [0, 0.05) is 21.5 Å². The minimum Gasteiger partial charge on any atom is -0.494 e. The first-order valence-electron chi connectivity index (χ1n) is 8.98. The molecule has 0 saturated carbocycles. The Morgan fingerprint density at radius 3 is 2.59 bits per heavy atom. The maximum absolute atomic E-state index is 5.66. The molecule has 0 saturated heterocycles. The van der Waals surface area contributed by atoms with Crippen molar-refractivity contribution in [3.05, 3.63) is 65.2 Å². The summed E-state index contributed by atoms with van der Waals surface area (Å²) in [7, 11) is 0. The fourth-order valence-electron chi connectivity index (χ4n) is 3.13. The number of fused-ring (bicyclic) bond motifs is 1. The van der Waals surface area contributed by atoms with Gasteiger partial charge in [0.1, 0.15) is 5.75 Å². The van der Waals surface area contributed by atoms with Gasteiger partial charge in [0.05, 0.1) is 23.5 Å². The van der Waals surface area contributed by atoms with Crippen LogP contribution in [0.25, 0.3) is 22.2 Å². The van der Waals surface area contributed by atoms with Gasteiger partial charge in [-0.25, -0.2) is 4.98 Å². The standard InChI is InChI=1S/C22H21N3OS/c1-4-26-17-10-11-19-18(13-17)20(12-14(2)23-19)24-22-25-21(15(3)27-22)16-8-6-5-7-9-16/h5-13H,4H2,1-3H3,(H,23,24,25). The largest absolute Gasteiger partial charge is 0.494 e. The molecule has 136 valence electrons. The molecule has 4 rings (SSSR count). The Hall–Kier alpha value is -2.92. The number of benzene rings is 2. The van der Waals surface area contributed by atoms with Crippen LogP contribution in [-0.4, -0.2) is 16.6 Å². The number of nitrogens with zero attached hydrogens (tertiary/aromatic N) is 2. The zero-order valence-corrected chi connectivity index (χ0v) is 16.4. The van der Waals surface area contributed by atoms with Crippen molar-refractivity contribution in [3.63, 3.8) is 0 Å². The van der Waals surface area contributed by atoms with E-state index in [-0.39, 0.29) is 0 Å². The van der Waals surface area contributed by atoms with E-state index < -0.39 is 0 Å². The van der Waals surface area contributed by atoms with E-state index in [1.54, 1.807) is 11.3 Å². The highest BCUT2D eigenvalue weighted by Crippen LogP contribution is 2.34. The summed E-state index contributed by atoms with van der Waals surface area (Å²) in [5.41, 5.74) is 5.05. The first kappa shape index (κ1) is 17.5. The number of aryl methyl sites for hydroxylation is 2. The quantitative estimate of drug-likeness (QED) is 0.457. The molecule has 2 aromatic carbocycles. The summed E-state index contributed by atoms with van der Waals surface area (Å²) >= 11 is 1.66. The maximum atomic E-state index is 5.66. The lowest BCUT2D eigenvalue weighted by Gasteiger charge is -2.10. The third kappa shape index (κ3) is 3.64. The van der Waals surface area contributed by atoms with Crippen LogP contribution in [0.15, 0.2) is 54.6 Å². The minimum atomic E-state index is 0.639. The van der Waals surface area contributed by atoms with Crippen LogP contribution in [0.3, 0.4) is 0 Å². The van der Waals surface area contributed by atoms with Gasteiger partial charge >= 0.3 is 0 Å². The summed E-state index contributed by atoms with van der Waals surface area (Å²) in [4.78, 5) is 10.7. The Kier molecular flexibility index (Phi) is 4.77. The molecule has 0 aliphatic heterocycles. The van der Waals surface area contributed by atoms with Gasteiger partial charge < -0.3 is 10.1 Å². The molecular weight excluding hydrogens is 354 g/mol. The van der Waals surface area contributed by atoms with Crippen LogP contribution in [0.1, 0.15) is 17.5 Å². The summed E-state index contributed by atoms with van der Waals surface area (Å²) < 4.78 is 5.66. The predicted octanol–water partition coefficient (Wildman–Crippen LogP) is 6.12. The number of rotatable bonds is 5. The minimum absolute atomic E-state index is 0.639. The van der Waals surface area contributed by atoms with Crippen molar-refractivity contribution in [3.8, 4) is 17.0 Å². The van der Waals surface area contributed by atoms with E-state index in [4.69, 9.17) is 9.72 Å². The normalized spacial score (nSPS) is 10.9. The van der Waals surface area contributed by atoms with Crippen LogP contribution < -0.4 is 10.1 Å². The van der Waals surface area contributed by atoms with Gasteiger partial charge in [0.2, 0.25) is 0 Å². The van der Waals surface area contributed by atoms with Crippen molar-refractivity contribution in [1.82, 2.24) is 9.97 Å². The second kappa shape index (κ2) is 7.37. The van der Waals surface area contributed by atoms with Crippen molar-refractivity contribution in [1.29, 1.82) is 0 Å². The second-order valence-corrected chi connectivity index (χ2v) is 7.54. The molecule has 1 N–H and O–H groups in total. The summed E-state index contributed by atoms with van der Waals surface area (Å²) in [5.74, 6) is 0.846. The Morgan fingerprint density at radius 1 is 1.00 bits per heavy atom. The molecule has 5 heteroatoms.